The normalized spacial score (nSPS) is 20.0. The average Bonchev–Trinajstić information content (AvgIpc) is 3.68. The Kier molecular flexibility index (Phi) is 5.15. The summed E-state index contributed by atoms with van der Waals surface area (Å²) in [6.45, 7) is 9.18. The van der Waals surface area contributed by atoms with Gasteiger partial charge in [-0.15, -0.1) is 0 Å². The molecule has 0 N–H and O–H groups in total. The fourth-order valence-corrected chi connectivity index (χ4v) is 4.73. The first-order chi connectivity index (χ1) is 15.7. The molecule has 1 heterocycles. The van der Waals surface area contributed by atoms with E-state index in [1.54, 1.807) is 20.8 Å². The lowest BCUT2D eigenvalue weighted by atomic mass is 9.96. The third-order valence-electron chi connectivity index (χ3n) is 7.23. The fraction of sp³-hybridized carbons (Fsp3) is 0.414. The van der Waals surface area contributed by atoms with Gasteiger partial charge in [-0.25, -0.2) is 0 Å². The van der Waals surface area contributed by atoms with Gasteiger partial charge in [-0.1, -0.05) is 30.3 Å². The lowest BCUT2D eigenvalue weighted by molar-refractivity contribution is -0.129. The minimum atomic E-state index is -0.864. The second kappa shape index (κ2) is 7.79. The van der Waals surface area contributed by atoms with E-state index in [0.29, 0.717) is 5.92 Å². The molecule has 4 heteroatoms. The Balaban J connectivity index is 1.41. The largest absolute Gasteiger partial charge is 0.480 e. The van der Waals surface area contributed by atoms with Gasteiger partial charge in [-0.05, 0) is 88.6 Å². The number of hydrogen-bond acceptors (Lipinski definition) is 4. The molecule has 33 heavy (non-hydrogen) atoms. The molecule has 0 amide bonds. The summed E-state index contributed by atoms with van der Waals surface area (Å²) in [5.41, 5.74) is 5.10. The number of fused-ring (bicyclic) bond motifs is 1. The Hall–Kier alpha value is -3.01. The minimum Gasteiger partial charge on any atom is -0.480 e. The number of pyridine rings is 1. The first-order valence-electron chi connectivity index (χ1n) is 11.9. The topological polar surface area (TPSA) is 56.3 Å². The van der Waals surface area contributed by atoms with E-state index in [-0.39, 0.29) is 23.4 Å². The molecule has 2 fully saturated rings. The van der Waals surface area contributed by atoms with Gasteiger partial charge in [0.2, 0.25) is 0 Å². The van der Waals surface area contributed by atoms with Gasteiger partial charge >= 0.3 is 0 Å². The zero-order chi connectivity index (χ0) is 23.5. The molecule has 0 spiro atoms. The minimum absolute atomic E-state index is 0.00434. The van der Waals surface area contributed by atoms with Crippen molar-refractivity contribution in [1.29, 1.82) is 0 Å². The number of Topliss-reactive ketones (excluding diaryl/α,β-unsaturated/α-hetero) is 2. The second-order valence-electron chi connectivity index (χ2n) is 10.4. The van der Waals surface area contributed by atoms with Crippen molar-refractivity contribution in [3.8, 4) is 5.75 Å². The third kappa shape index (κ3) is 4.07. The van der Waals surface area contributed by atoms with Crippen LogP contribution < -0.4 is 4.74 Å². The summed E-state index contributed by atoms with van der Waals surface area (Å²) in [5, 5.41) is 1.03. The smallest absolute Gasteiger partial charge is 0.172 e. The van der Waals surface area contributed by atoms with Gasteiger partial charge < -0.3 is 4.74 Å². The highest BCUT2D eigenvalue weighted by Crippen LogP contribution is 2.52. The molecule has 0 aliphatic heterocycles. The molecule has 4 nitrogen and oxygen atoms in total. The Bertz CT molecular complexity index is 1260. The van der Waals surface area contributed by atoms with Crippen molar-refractivity contribution in [2.45, 2.75) is 71.3 Å². The van der Waals surface area contributed by atoms with Crippen LogP contribution >= 0.6 is 0 Å². The zero-order valence-corrected chi connectivity index (χ0v) is 20.1. The van der Waals surface area contributed by atoms with Crippen molar-refractivity contribution in [2.24, 2.45) is 5.92 Å². The van der Waals surface area contributed by atoms with E-state index in [1.807, 2.05) is 38.1 Å². The molecular formula is C29H31NO3. The highest BCUT2D eigenvalue weighted by atomic mass is 16.5. The van der Waals surface area contributed by atoms with Gasteiger partial charge in [0.05, 0.1) is 11.2 Å². The number of hydrogen-bond donors (Lipinski definition) is 0. The van der Waals surface area contributed by atoms with Crippen molar-refractivity contribution in [1.82, 2.24) is 4.98 Å². The van der Waals surface area contributed by atoms with Gasteiger partial charge in [-0.2, -0.15) is 0 Å². The molecule has 2 aliphatic carbocycles. The van der Waals surface area contributed by atoms with Gasteiger partial charge in [0.1, 0.15) is 5.75 Å². The standard InChI is InChI=1S/C29H31NO3/c1-16-12-21(13-17(2)28(16)33-29(4,5)18(3)31)22-15-23(22)27(32)24-14-20-8-6-7-9-25(20)30-26(24)19-10-11-19/h6-9,12-14,19,22-23H,10-11,15H2,1-5H3. The van der Waals surface area contributed by atoms with Crippen LogP contribution in [0, 0.1) is 19.8 Å². The van der Waals surface area contributed by atoms with E-state index in [0.717, 1.165) is 58.3 Å². The first kappa shape index (κ1) is 21.8. The van der Waals surface area contributed by atoms with Gasteiger partial charge in [0.15, 0.2) is 17.2 Å². The van der Waals surface area contributed by atoms with Crippen LogP contribution in [-0.4, -0.2) is 22.2 Å². The highest BCUT2D eigenvalue weighted by molar-refractivity contribution is 6.03. The van der Waals surface area contributed by atoms with Crippen molar-refractivity contribution in [3.63, 3.8) is 0 Å². The predicted octanol–water partition coefficient (Wildman–Crippen LogP) is 6.46. The molecule has 1 aromatic heterocycles. The van der Waals surface area contributed by atoms with Gasteiger partial charge in [0.25, 0.3) is 0 Å². The Morgan fingerprint density at radius 1 is 1.03 bits per heavy atom. The van der Waals surface area contributed by atoms with Crippen LogP contribution in [0.3, 0.4) is 0 Å². The average molecular weight is 442 g/mol. The maximum Gasteiger partial charge on any atom is 0.172 e. The van der Waals surface area contributed by atoms with Crippen molar-refractivity contribution in [2.75, 3.05) is 0 Å². The number of benzene rings is 2. The molecule has 3 aromatic rings. The van der Waals surface area contributed by atoms with Crippen LogP contribution in [0.2, 0.25) is 0 Å². The summed E-state index contributed by atoms with van der Waals surface area (Å²) < 4.78 is 6.09. The number of aryl methyl sites for hydroxylation is 2. The van der Waals surface area contributed by atoms with E-state index in [4.69, 9.17) is 9.72 Å². The van der Waals surface area contributed by atoms with Crippen LogP contribution in [0.5, 0.6) is 5.75 Å². The lowest BCUT2D eigenvalue weighted by Gasteiger charge is -2.26. The summed E-state index contributed by atoms with van der Waals surface area (Å²) in [6, 6.07) is 14.4. The molecule has 0 bridgehead atoms. The van der Waals surface area contributed by atoms with Crippen molar-refractivity contribution < 1.29 is 14.3 Å². The van der Waals surface area contributed by atoms with Crippen LogP contribution in [-0.2, 0) is 4.79 Å². The summed E-state index contributed by atoms with van der Waals surface area (Å²) in [4.78, 5) is 30.4. The van der Waals surface area contributed by atoms with Gasteiger partial charge in [0, 0.05) is 22.8 Å². The first-order valence-corrected chi connectivity index (χ1v) is 11.9. The van der Waals surface area contributed by atoms with E-state index >= 15 is 0 Å². The number of nitrogens with zero attached hydrogens (tertiary/aromatic N) is 1. The molecule has 0 radical (unpaired) electrons. The number of aromatic nitrogens is 1. The van der Waals surface area contributed by atoms with Crippen LogP contribution in [0.15, 0.2) is 42.5 Å². The lowest BCUT2D eigenvalue weighted by Crippen LogP contribution is -2.36. The number of rotatable bonds is 7. The van der Waals surface area contributed by atoms with E-state index < -0.39 is 5.60 Å². The maximum atomic E-state index is 13.6. The molecule has 2 saturated carbocycles. The number of carbonyl (C=O) groups excluding carboxylic acids is 2. The van der Waals surface area contributed by atoms with E-state index in [9.17, 15) is 9.59 Å². The maximum absolute atomic E-state index is 13.6. The van der Waals surface area contributed by atoms with Gasteiger partial charge in [-0.3, -0.25) is 14.6 Å². The molecule has 0 saturated heterocycles. The van der Waals surface area contributed by atoms with Crippen LogP contribution in [0.1, 0.15) is 84.6 Å². The summed E-state index contributed by atoms with van der Waals surface area (Å²) in [7, 11) is 0. The number of ketones is 2. The quantitative estimate of drug-likeness (QED) is 0.395. The summed E-state index contributed by atoms with van der Waals surface area (Å²) in [6.07, 6.45) is 3.11. The second-order valence-corrected chi connectivity index (χ2v) is 10.4. The molecule has 2 aliphatic rings. The SMILES string of the molecule is CC(=O)C(C)(C)Oc1c(C)cc(C2CC2C(=O)c2cc3ccccc3nc2C2CC2)cc1C. The Labute approximate surface area is 195 Å². The van der Waals surface area contributed by atoms with Crippen LogP contribution in [0.4, 0.5) is 0 Å². The molecule has 170 valence electrons. The number of para-hydroxylation sites is 1. The van der Waals surface area contributed by atoms with E-state index in [1.165, 1.54) is 5.56 Å². The Morgan fingerprint density at radius 2 is 1.70 bits per heavy atom. The third-order valence-corrected chi connectivity index (χ3v) is 7.23. The Morgan fingerprint density at radius 3 is 2.33 bits per heavy atom. The summed E-state index contributed by atoms with van der Waals surface area (Å²) >= 11 is 0. The highest BCUT2D eigenvalue weighted by Gasteiger charge is 2.46. The summed E-state index contributed by atoms with van der Waals surface area (Å²) in [5.74, 6) is 1.64. The number of carbonyl (C=O) groups is 2. The molecule has 5 rings (SSSR count). The zero-order valence-electron chi connectivity index (χ0n) is 20.1. The fourth-order valence-electron chi connectivity index (χ4n) is 4.73. The molecule has 2 unspecified atom stereocenters. The monoisotopic (exact) mass is 441 g/mol. The number of ether oxygens (including phenoxy) is 1. The van der Waals surface area contributed by atoms with Crippen LogP contribution in [0.25, 0.3) is 10.9 Å². The molecule has 2 aromatic carbocycles. The van der Waals surface area contributed by atoms with Crippen molar-refractivity contribution in [3.05, 3.63) is 70.4 Å². The molecular weight excluding hydrogens is 410 g/mol. The molecule has 2 atom stereocenters. The van der Waals surface area contributed by atoms with Crippen molar-refractivity contribution >= 4 is 22.5 Å². The predicted molar refractivity (Wildman–Crippen MR) is 130 cm³/mol. The van der Waals surface area contributed by atoms with E-state index in [2.05, 4.69) is 18.2 Å².